The molecule has 0 amide bonds. The number of hydrogen-bond acceptors (Lipinski definition) is 6. The number of tetrazole rings is 1. The molecule has 2 aromatic rings. The smallest absolute Gasteiger partial charge is 0.338 e. The first-order valence-corrected chi connectivity index (χ1v) is 7.56. The van der Waals surface area contributed by atoms with E-state index in [2.05, 4.69) is 36.8 Å². The summed E-state index contributed by atoms with van der Waals surface area (Å²) in [6.45, 7) is 1.96. The van der Waals surface area contributed by atoms with Crippen LogP contribution in [0.5, 0.6) is 0 Å². The molecule has 0 spiro atoms. The fourth-order valence-electron chi connectivity index (χ4n) is 2.52. The minimum absolute atomic E-state index is 0.390. The van der Waals surface area contributed by atoms with Crippen molar-refractivity contribution in [1.29, 1.82) is 0 Å². The quantitative estimate of drug-likeness (QED) is 0.842. The van der Waals surface area contributed by atoms with E-state index in [1.54, 1.807) is 4.68 Å². The summed E-state index contributed by atoms with van der Waals surface area (Å²) in [5.41, 5.74) is 2.19. The number of fused-ring (bicyclic) bond motifs is 1. The van der Waals surface area contributed by atoms with Crippen LogP contribution in [0.3, 0.4) is 0 Å². The predicted octanol–water partition coefficient (Wildman–Crippen LogP) is 2.29. The van der Waals surface area contributed by atoms with Gasteiger partial charge in [-0.1, -0.05) is 40.1 Å². The largest absolute Gasteiger partial charge is 0.466 e. The SMILES string of the molecule is CCC1=C(C(=O)OC)C(c2ccc(Br)cc2)n2nnnc2N1. The second kappa shape index (κ2) is 5.88. The zero-order valence-corrected chi connectivity index (χ0v) is 13.7. The van der Waals surface area contributed by atoms with E-state index in [0.29, 0.717) is 17.9 Å². The molecule has 1 unspecified atom stereocenters. The average molecular weight is 364 g/mol. The van der Waals surface area contributed by atoms with Gasteiger partial charge in [0.15, 0.2) is 0 Å². The summed E-state index contributed by atoms with van der Waals surface area (Å²) < 4.78 is 7.51. The Hall–Kier alpha value is -2.22. The number of halogens is 1. The van der Waals surface area contributed by atoms with E-state index < -0.39 is 12.0 Å². The van der Waals surface area contributed by atoms with E-state index in [-0.39, 0.29) is 0 Å². The van der Waals surface area contributed by atoms with Gasteiger partial charge in [0.1, 0.15) is 6.04 Å². The molecule has 114 valence electrons. The molecule has 0 bridgehead atoms. The molecule has 2 heterocycles. The maximum absolute atomic E-state index is 12.3. The third kappa shape index (κ3) is 2.39. The van der Waals surface area contributed by atoms with Crippen molar-refractivity contribution in [3.63, 3.8) is 0 Å². The maximum atomic E-state index is 12.3. The number of hydrogen-bond donors (Lipinski definition) is 1. The van der Waals surface area contributed by atoms with Gasteiger partial charge < -0.3 is 10.1 Å². The number of benzene rings is 1. The lowest BCUT2D eigenvalue weighted by Gasteiger charge is -2.28. The van der Waals surface area contributed by atoms with Gasteiger partial charge in [-0.05, 0) is 34.5 Å². The van der Waals surface area contributed by atoms with E-state index in [4.69, 9.17) is 4.74 Å². The molecule has 7 nitrogen and oxygen atoms in total. The van der Waals surface area contributed by atoms with Crippen molar-refractivity contribution in [2.45, 2.75) is 19.4 Å². The normalized spacial score (nSPS) is 17.0. The number of esters is 1. The number of aromatic nitrogens is 4. The van der Waals surface area contributed by atoms with Gasteiger partial charge in [0.05, 0.1) is 12.7 Å². The van der Waals surface area contributed by atoms with E-state index >= 15 is 0 Å². The molecule has 8 heteroatoms. The van der Waals surface area contributed by atoms with Crippen LogP contribution in [0.4, 0.5) is 5.95 Å². The molecule has 1 aliphatic rings. The highest BCUT2D eigenvalue weighted by Crippen LogP contribution is 2.36. The monoisotopic (exact) mass is 363 g/mol. The molecule has 1 atom stereocenters. The zero-order valence-electron chi connectivity index (χ0n) is 12.1. The lowest BCUT2D eigenvalue weighted by Crippen LogP contribution is -2.30. The number of ether oxygens (including phenoxy) is 1. The summed E-state index contributed by atoms with van der Waals surface area (Å²) in [7, 11) is 1.37. The van der Waals surface area contributed by atoms with E-state index in [0.717, 1.165) is 15.7 Å². The Kier molecular flexibility index (Phi) is 3.93. The number of allylic oxidation sites excluding steroid dienone is 1. The topological polar surface area (TPSA) is 81.9 Å². The van der Waals surface area contributed by atoms with E-state index in [1.807, 2.05) is 31.2 Å². The second-order valence-electron chi connectivity index (χ2n) is 4.76. The van der Waals surface area contributed by atoms with Gasteiger partial charge in [-0.2, -0.15) is 4.68 Å². The van der Waals surface area contributed by atoms with E-state index in [9.17, 15) is 4.79 Å². The Morgan fingerprint density at radius 3 is 2.77 bits per heavy atom. The second-order valence-corrected chi connectivity index (χ2v) is 5.68. The first kappa shape index (κ1) is 14.7. The van der Waals surface area contributed by atoms with Gasteiger partial charge in [0, 0.05) is 10.2 Å². The molecule has 0 saturated carbocycles. The van der Waals surface area contributed by atoms with Gasteiger partial charge in [0.2, 0.25) is 5.95 Å². The van der Waals surface area contributed by atoms with Crippen LogP contribution < -0.4 is 5.32 Å². The Morgan fingerprint density at radius 2 is 2.14 bits per heavy atom. The van der Waals surface area contributed by atoms with Gasteiger partial charge in [-0.25, -0.2) is 4.79 Å². The van der Waals surface area contributed by atoms with Crippen LogP contribution in [0.25, 0.3) is 0 Å². The first-order valence-electron chi connectivity index (χ1n) is 6.77. The molecule has 3 rings (SSSR count). The van der Waals surface area contributed by atoms with Gasteiger partial charge in [0.25, 0.3) is 0 Å². The lowest BCUT2D eigenvalue weighted by molar-refractivity contribution is -0.136. The number of methoxy groups -OCH3 is 1. The number of carbonyl (C=O) groups is 1. The average Bonchev–Trinajstić information content (AvgIpc) is 3.01. The molecule has 0 saturated heterocycles. The van der Waals surface area contributed by atoms with Gasteiger partial charge in [-0.15, -0.1) is 0 Å². The predicted molar refractivity (Wildman–Crippen MR) is 83.1 cm³/mol. The van der Waals surface area contributed by atoms with Crippen LogP contribution >= 0.6 is 15.9 Å². The van der Waals surface area contributed by atoms with Crippen molar-refractivity contribution >= 4 is 27.8 Å². The standard InChI is InChI=1S/C14H14BrN5O2/c1-3-10-11(13(21)22-2)12(8-4-6-9(15)7-5-8)20-14(16-10)17-18-19-20/h4-7,12H,3H2,1-2H3,(H,16,17,19). The summed E-state index contributed by atoms with van der Waals surface area (Å²) in [4.78, 5) is 12.3. The van der Waals surface area contributed by atoms with Crippen molar-refractivity contribution in [3.05, 3.63) is 45.6 Å². The van der Waals surface area contributed by atoms with E-state index in [1.165, 1.54) is 7.11 Å². The summed E-state index contributed by atoms with van der Waals surface area (Å²) >= 11 is 3.41. The fraction of sp³-hybridized carbons (Fsp3) is 0.286. The van der Waals surface area contributed by atoms with Crippen LogP contribution in [0.2, 0.25) is 0 Å². The molecule has 0 radical (unpaired) electrons. The highest BCUT2D eigenvalue weighted by molar-refractivity contribution is 9.10. The first-order chi connectivity index (χ1) is 10.7. The molecule has 1 aromatic carbocycles. The number of rotatable bonds is 3. The van der Waals surface area contributed by atoms with Gasteiger partial charge >= 0.3 is 5.97 Å². The summed E-state index contributed by atoms with van der Waals surface area (Å²) in [5, 5.41) is 14.8. The molecule has 0 aliphatic carbocycles. The molecule has 1 N–H and O–H groups in total. The summed E-state index contributed by atoms with van der Waals surface area (Å²) in [6, 6.07) is 7.29. The highest BCUT2D eigenvalue weighted by atomic mass is 79.9. The van der Waals surface area contributed by atoms with Crippen LogP contribution in [-0.2, 0) is 9.53 Å². The summed E-state index contributed by atoms with van der Waals surface area (Å²) in [6.07, 6.45) is 0.643. The summed E-state index contributed by atoms with van der Waals surface area (Å²) in [5.74, 6) is 0.121. The number of nitrogens with one attached hydrogen (secondary N) is 1. The molecule has 22 heavy (non-hydrogen) atoms. The van der Waals surface area contributed by atoms with Crippen LogP contribution in [-0.4, -0.2) is 33.3 Å². The van der Waals surface area contributed by atoms with Gasteiger partial charge in [-0.3, -0.25) is 0 Å². The van der Waals surface area contributed by atoms with Crippen molar-refractivity contribution in [2.75, 3.05) is 12.4 Å². The Morgan fingerprint density at radius 1 is 1.41 bits per heavy atom. The number of nitrogens with zero attached hydrogens (tertiary/aromatic N) is 4. The third-order valence-electron chi connectivity index (χ3n) is 3.54. The van der Waals surface area contributed by atoms with Crippen LogP contribution in [0.15, 0.2) is 40.0 Å². The van der Waals surface area contributed by atoms with Crippen molar-refractivity contribution in [2.24, 2.45) is 0 Å². The molecular weight excluding hydrogens is 350 g/mol. The minimum Gasteiger partial charge on any atom is -0.466 e. The van der Waals surface area contributed by atoms with Crippen LogP contribution in [0.1, 0.15) is 24.9 Å². The van der Waals surface area contributed by atoms with Crippen molar-refractivity contribution < 1.29 is 9.53 Å². The number of carbonyl (C=O) groups excluding carboxylic acids is 1. The zero-order chi connectivity index (χ0) is 15.7. The molecular formula is C14H14BrN5O2. The Balaban J connectivity index is 2.19. The minimum atomic E-state index is -0.415. The Labute approximate surface area is 135 Å². The third-order valence-corrected chi connectivity index (χ3v) is 4.07. The molecule has 0 fully saturated rings. The fourth-order valence-corrected chi connectivity index (χ4v) is 2.78. The maximum Gasteiger partial charge on any atom is 0.338 e. The lowest BCUT2D eigenvalue weighted by atomic mass is 9.95. The van der Waals surface area contributed by atoms with Crippen molar-refractivity contribution in [3.8, 4) is 0 Å². The molecule has 1 aliphatic heterocycles. The van der Waals surface area contributed by atoms with Crippen LogP contribution in [0, 0.1) is 0 Å². The molecule has 1 aromatic heterocycles. The van der Waals surface area contributed by atoms with Crippen molar-refractivity contribution in [1.82, 2.24) is 20.2 Å². The Bertz CT molecular complexity index is 738. The number of anilines is 1. The highest BCUT2D eigenvalue weighted by Gasteiger charge is 2.35.